The van der Waals surface area contributed by atoms with E-state index < -0.39 is 10.0 Å². The Bertz CT molecular complexity index is 1730. The highest BCUT2D eigenvalue weighted by atomic mass is 32.2. The fourth-order valence-electron chi connectivity index (χ4n) is 5.07. The molecule has 204 valence electrons. The number of benzene rings is 3. The van der Waals surface area contributed by atoms with Crippen LogP contribution in [0, 0.1) is 6.92 Å². The van der Waals surface area contributed by atoms with Crippen molar-refractivity contribution in [2.45, 2.75) is 24.8 Å². The van der Waals surface area contributed by atoms with Crippen molar-refractivity contribution in [2.24, 2.45) is 0 Å². The summed E-state index contributed by atoms with van der Waals surface area (Å²) in [6.45, 7) is 6.11. The van der Waals surface area contributed by atoms with E-state index in [0.29, 0.717) is 32.0 Å². The van der Waals surface area contributed by atoms with Gasteiger partial charge in [-0.3, -0.25) is 4.90 Å². The molecule has 2 aromatic heterocycles. The average molecular weight is 554 g/mol. The molecule has 6 rings (SSSR count). The van der Waals surface area contributed by atoms with E-state index in [1.54, 1.807) is 39.4 Å². The SMILES string of the molecule is Cc1cccc(Nc2nc(C(C)N3CCN(S(=O)(=O)c4ccc(-n5cccn5)cc4)CC3)nc3ccccc23)c1. The van der Waals surface area contributed by atoms with E-state index in [1.165, 1.54) is 5.56 Å². The molecule has 10 heteroatoms. The first-order chi connectivity index (χ1) is 19.4. The van der Waals surface area contributed by atoms with Gasteiger partial charge in [0.2, 0.25) is 10.0 Å². The maximum atomic E-state index is 13.4. The van der Waals surface area contributed by atoms with E-state index in [9.17, 15) is 8.42 Å². The van der Waals surface area contributed by atoms with Crippen LogP contribution in [0.4, 0.5) is 11.5 Å². The van der Waals surface area contributed by atoms with Crippen LogP contribution in [-0.4, -0.2) is 63.6 Å². The minimum Gasteiger partial charge on any atom is -0.340 e. The van der Waals surface area contributed by atoms with Crippen molar-refractivity contribution >= 4 is 32.4 Å². The first-order valence-corrected chi connectivity index (χ1v) is 14.8. The second kappa shape index (κ2) is 10.8. The lowest BCUT2D eigenvalue weighted by Gasteiger charge is -2.36. The maximum Gasteiger partial charge on any atom is 0.243 e. The standard InChI is InChI=1S/C30H31N7O2S/c1-22-7-5-8-24(21-22)32-30-27-9-3-4-10-28(27)33-29(34-30)23(2)35-17-19-36(20-18-35)40(38,39)26-13-11-25(12-14-26)37-16-6-15-31-37/h3-16,21,23H,17-20H2,1-2H3,(H,32,33,34). The average Bonchev–Trinajstić information content (AvgIpc) is 3.52. The summed E-state index contributed by atoms with van der Waals surface area (Å²) in [5.74, 6) is 1.47. The highest BCUT2D eigenvalue weighted by molar-refractivity contribution is 7.89. The minimum atomic E-state index is -3.60. The zero-order chi connectivity index (χ0) is 27.7. The Labute approximate surface area is 234 Å². The fourth-order valence-corrected chi connectivity index (χ4v) is 6.49. The molecule has 3 aromatic carbocycles. The molecule has 40 heavy (non-hydrogen) atoms. The third kappa shape index (κ3) is 5.21. The van der Waals surface area contributed by atoms with Crippen LogP contribution < -0.4 is 5.32 Å². The Morgan fingerprint density at radius 3 is 2.38 bits per heavy atom. The van der Waals surface area contributed by atoms with Crippen LogP contribution in [0.1, 0.15) is 24.4 Å². The maximum absolute atomic E-state index is 13.4. The van der Waals surface area contributed by atoms with Gasteiger partial charge in [0, 0.05) is 49.6 Å². The Morgan fingerprint density at radius 1 is 0.875 bits per heavy atom. The zero-order valence-electron chi connectivity index (χ0n) is 22.5. The first kappa shape index (κ1) is 26.1. The molecular weight excluding hydrogens is 522 g/mol. The number of anilines is 2. The lowest BCUT2D eigenvalue weighted by atomic mass is 10.1. The van der Waals surface area contributed by atoms with Gasteiger partial charge in [-0.05, 0) is 74.0 Å². The second-order valence-electron chi connectivity index (χ2n) is 10.0. The fraction of sp³-hybridized carbons (Fsp3) is 0.233. The van der Waals surface area contributed by atoms with Crippen LogP contribution in [0.25, 0.3) is 16.6 Å². The van der Waals surface area contributed by atoms with Gasteiger partial charge in [0.1, 0.15) is 11.6 Å². The van der Waals surface area contributed by atoms with E-state index in [4.69, 9.17) is 9.97 Å². The molecule has 0 bridgehead atoms. The summed E-state index contributed by atoms with van der Waals surface area (Å²) < 4.78 is 30.0. The number of nitrogens with one attached hydrogen (secondary N) is 1. The Hall–Kier alpha value is -4.12. The highest BCUT2D eigenvalue weighted by Crippen LogP contribution is 2.29. The Kier molecular flexibility index (Phi) is 7.05. The van der Waals surface area contributed by atoms with E-state index in [-0.39, 0.29) is 10.9 Å². The van der Waals surface area contributed by atoms with Crippen molar-refractivity contribution in [2.75, 3.05) is 31.5 Å². The van der Waals surface area contributed by atoms with Gasteiger partial charge in [-0.1, -0.05) is 24.3 Å². The monoisotopic (exact) mass is 553 g/mol. The molecule has 5 aromatic rings. The molecule has 0 aliphatic carbocycles. The number of hydrogen-bond donors (Lipinski definition) is 1. The van der Waals surface area contributed by atoms with Gasteiger partial charge in [-0.15, -0.1) is 0 Å². The van der Waals surface area contributed by atoms with Crippen molar-refractivity contribution in [3.8, 4) is 5.69 Å². The lowest BCUT2D eigenvalue weighted by Crippen LogP contribution is -2.49. The third-order valence-electron chi connectivity index (χ3n) is 7.34. The van der Waals surface area contributed by atoms with Crippen LogP contribution in [0.2, 0.25) is 0 Å². The van der Waals surface area contributed by atoms with E-state index in [2.05, 4.69) is 41.3 Å². The highest BCUT2D eigenvalue weighted by Gasteiger charge is 2.31. The zero-order valence-corrected chi connectivity index (χ0v) is 23.3. The molecule has 0 amide bonds. The Morgan fingerprint density at radius 2 is 1.65 bits per heavy atom. The molecule has 1 unspecified atom stereocenters. The summed E-state index contributed by atoms with van der Waals surface area (Å²) in [6.07, 6.45) is 3.51. The molecule has 0 spiro atoms. The molecular formula is C30H31N7O2S. The van der Waals surface area contributed by atoms with Gasteiger partial charge in [-0.2, -0.15) is 9.40 Å². The molecule has 1 aliphatic rings. The molecule has 9 nitrogen and oxygen atoms in total. The lowest BCUT2D eigenvalue weighted by molar-refractivity contribution is 0.141. The van der Waals surface area contributed by atoms with E-state index in [0.717, 1.165) is 28.1 Å². The van der Waals surface area contributed by atoms with Crippen molar-refractivity contribution in [3.63, 3.8) is 0 Å². The van der Waals surface area contributed by atoms with Crippen molar-refractivity contribution in [1.29, 1.82) is 0 Å². The molecule has 1 aliphatic heterocycles. The van der Waals surface area contributed by atoms with Gasteiger partial charge < -0.3 is 5.32 Å². The molecule has 0 saturated carbocycles. The minimum absolute atomic E-state index is 0.0825. The van der Waals surface area contributed by atoms with E-state index >= 15 is 0 Å². The van der Waals surface area contributed by atoms with Crippen LogP contribution >= 0.6 is 0 Å². The number of aryl methyl sites for hydroxylation is 1. The van der Waals surface area contributed by atoms with Gasteiger partial charge in [0.15, 0.2) is 0 Å². The predicted octanol–water partition coefficient (Wildman–Crippen LogP) is 4.94. The molecule has 1 N–H and O–H groups in total. The van der Waals surface area contributed by atoms with Gasteiger partial charge >= 0.3 is 0 Å². The summed E-state index contributed by atoms with van der Waals surface area (Å²) in [5.41, 5.74) is 3.82. The first-order valence-electron chi connectivity index (χ1n) is 13.3. The van der Waals surface area contributed by atoms with Gasteiger partial charge in [0.05, 0.1) is 22.1 Å². The van der Waals surface area contributed by atoms with Gasteiger partial charge in [-0.25, -0.2) is 23.1 Å². The van der Waals surface area contributed by atoms with Crippen molar-refractivity contribution in [1.82, 2.24) is 29.0 Å². The molecule has 3 heterocycles. The summed E-state index contributed by atoms with van der Waals surface area (Å²) >= 11 is 0. The predicted molar refractivity (Wildman–Crippen MR) is 156 cm³/mol. The number of hydrogen-bond acceptors (Lipinski definition) is 7. The smallest absolute Gasteiger partial charge is 0.243 e. The van der Waals surface area contributed by atoms with Crippen molar-refractivity contribution in [3.05, 3.63) is 103 Å². The van der Waals surface area contributed by atoms with Crippen LogP contribution in [0.5, 0.6) is 0 Å². The summed E-state index contributed by atoms with van der Waals surface area (Å²) in [7, 11) is -3.60. The molecule has 1 fully saturated rings. The summed E-state index contributed by atoms with van der Waals surface area (Å²) in [5, 5.41) is 8.64. The Balaban J connectivity index is 1.18. The number of para-hydroxylation sites is 1. The largest absolute Gasteiger partial charge is 0.340 e. The number of aromatic nitrogens is 4. The number of nitrogens with zero attached hydrogens (tertiary/aromatic N) is 6. The van der Waals surface area contributed by atoms with E-state index in [1.807, 2.05) is 48.7 Å². The van der Waals surface area contributed by atoms with Gasteiger partial charge in [0.25, 0.3) is 0 Å². The summed E-state index contributed by atoms with van der Waals surface area (Å²) in [6, 6.07) is 24.8. The van der Waals surface area contributed by atoms with Crippen molar-refractivity contribution < 1.29 is 8.42 Å². The molecule has 0 radical (unpaired) electrons. The molecule has 1 saturated heterocycles. The van der Waals surface area contributed by atoms with Crippen LogP contribution in [0.3, 0.4) is 0 Å². The molecule has 1 atom stereocenters. The van der Waals surface area contributed by atoms with Crippen LogP contribution in [-0.2, 0) is 10.0 Å². The number of sulfonamides is 1. The second-order valence-corrected chi connectivity index (χ2v) is 11.9. The quantitative estimate of drug-likeness (QED) is 0.305. The van der Waals surface area contributed by atoms with Crippen LogP contribution in [0.15, 0.2) is 96.2 Å². The number of fused-ring (bicyclic) bond motifs is 1. The normalized spacial score (nSPS) is 15.8. The number of piperazine rings is 1. The summed E-state index contributed by atoms with van der Waals surface area (Å²) in [4.78, 5) is 12.4. The third-order valence-corrected chi connectivity index (χ3v) is 9.25. The topological polar surface area (TPSA) is 96.2 Å². The number of rotatable bonds is 7.